The lowest BCUT2D eigenvalue weighted by Crippen LogP contribution is -2.37. The molecule has 26 heavy (non-hydrogen) atoms. The van der Waals surface area contributed by atoms with Gasteiger partial charge in [0, 0.05) is 38.4 Å². The predicted octanol–water partition coefficient (Wildman–Crippen LogP) is 2.31. The summed E-state index contributed by atoms with van der Waals surface area (Å²) in [5.74, 6) is 1.61. The van der Waals surface area contributed by atoms with Gasteiger partial charge in [0.15, 0.2) is 5.96 Å². The van der Waals surface area contributed by atoms with Gasteiger partial charge in [-0.25, -0.2) is 0 Å². The van der Waals surface area contributed by atoms with E-state index in [2.05, 4.69) is 15.6 Å². The lowest BCUT2D eigenvalue weighted by molar-refractivity contribution is 0.414. The number of hydrogen-bond donors (Lipinski definition) is 2. The fraction of sp³-hybridized carbons (Fsp3) is 0.400. The van der Waals surface area contributed by atoms with Crippen molar-refractivity contribution in [2.24, 2.45) is 4.99 Å². The molecule has 0 atom stereocenters. The third kappa shape index (κ3) is 5.95. The molecule has 0 amide bonds. The molecule has 0 spiro atoms. The van der Waals surface area contributed by atoms with Crippen molar-refractivity contribution in [1.82, 2.24) is 15.2 Å². The quantitative estimate of drug-likeness (QED) is 0.433. The summed E-state index contributed by atoms with van der Waals surface area (Å²) in [6.07, 6.45) is 1.89. The average Bonchev–Trinajstić information content (AvgIpc) is 2.66. The maximum absolute atomic E-state index is 11.8. The maximum atomic E-state index is 11.8. The Hall–Kier alpha value is -2.76. The number of guanidine groups is 1. The van der Waals surface area contributed by atoms with E-state index in [1.807, 2.05) is 41.8 Å². The van der Waals surface area contributed by atoms with E-state index in [1.54, 1.807) is 26.3 Å². The Bertz CT molecular complexity index is 783. The molecule has 0 fully saturated rings. The lowest BCUT2D eigenvalue weighted by atomic mass is 10.2. The van der Waals surface area contributed by atoms with Crippen LogP contribution in [0.15, 0.2) is 52.3 Å². The molecule has 0 aliphatic heterocycles. The number of aryl methyl sites for hydroxylation is 1. The number of aliphatic imine (C=N–C) groups is 1. The number of nitrogens with zero attached hydrogens (tertiary/aromatic N) is 2. The van der Waals surface area contributed by atoms with Gasteiger partial charge in [0.2, 0.25) is 0 Å². The van der Waals surface area contributed by atoms with Crippen molar-refractivity contribution >= 4 is 5.96 Å². The van der Waals surface area contributed by atoms with Crippen LogP contribution >= 0.6 is 0 Å². The number of nitrogens with one attached hydrogen (secondary N) is 2. The van der Waals surface area contributed by atoms with Crippen LogP contribution in [-0.2, 0) is 13.1 Å². The van der Waals surface area contributed by atoms with Gasteiger partial charge in [-0.2, -0.15) is 0 Å². The minimum absolute atomic E-state index is 0.0636. The van der Waals surface area contributed by atoms with Crippen LogP contribution in [0.4, 0.5) is 0 Å². The molecule has 0 aliphatic rings. The highest BCUT2D eigenvalue weighted by Gasteiger charge is 2.01. The number of benzene rings is 1. The summed E-state index contributed by atoms with van der Waals surface area (Å²) in [7, 11) is 3.42. The largest absolute Gasteiger partial charge is 0.497 e. The first-order valence-corrected chi connectivity index (χ1v) is 8.88. The zero-order valence-electron chi connectivity index (χ0n) is 15.8. The van der Waals surface area contributed by atoms with Gasteiger partial charge in [-0.05, 0) is 43.5 Å². The van der Waals surface area contributed by atoms with E-state index in [1.165, 1.54) is 0 Å². The molecule has 6 heteroatoms. The highest BCUT2D eigenvalue weighted by molar-refractivity contribution is 5.79. The van der Waals surface area contributed by atoms with Gasteiger partial charge in [0.1, 0.15) is 5.75 Å². The lowest BCUT2D eigenvalue weighted by Gasteiger charge is -2.13. The number of aromatic nitrogens is 1. The normalized spacial score (nSPS) is 11.3. The standard InChI is InChI=1S/C20H28N4O2/c1-16-8-6-11-19(25)24(16)13-5-4-12-22-20(21-2)23-15-17-9-7-10-18(14-17)26-3/h6-11,14H,4-5,12-13,15H2,1-3H3,(H2,21,22,23). The molecular formula is C20H28N4O2. The van der Waals surface area contributed by atoms with Gasteiger partial charge in [0.25, 0.3) is 5.56 Å². The predicted molar refractivity (Wildman–Crippen MR) is 106 cm³/mol. The second-order valence-corrected chi connectivity index (χ2v) is 6.07. The molecule has 1 heterocycles. The molecule has 0 saturated carbocycles. The van der Waals surface area contributed by atoms with E-state index < -0.39 is 0 Å². The first-order chi connectivity index (χ1) is 12.6. The summed E-state index contributed by atoms with van der Waals surface area (Å²) in [6, 6.07) is 13.3. The van der Waals surface area contributed by atoms with Gasteiger partial charge in [0.05, 0.1) is 7.11 Å². The van der Waals surface area contributed by atoms with Crippen molar-refractivity contribution in [3.63, 3.8) is 0 Å². The minimum Gasteiger partial charge on any atom is -0.497 e. The smallest absolute Gasteiger partial charge is 0.250 e. The van der Waals surface area contributed by atoms with Crippen LogP contribution in [0.3, 0.4) is 0 Å². The average molecular weight is 356 g/mol. The van der Waals surface area contributed by atoms with E-state index in [4.69, 9.17) is 4.74 Å². The molecule has 2 aromatic rings. The van der Waals surface area contributed by atoms with Crippen molar-refractivity contribution in [2.45, 2.75) is 32.9 Å². The Morgan fingerprint density at radius 3 is 2.69 bits per heavy atom. The van der Waals surface area contributed by atoms with Crippen LogP contribution in [0.25, 0.3) is 0 Å². The van der Waals surface area contributed by atoms with Gasteiger partial charge < -0.3 is 19.9 Å². The molecule has 1 aromatic carbocycles. The van der Waals surface area contributed by atoms with E-state index in [0.717, 1.165) is 48.9 Å². The fourth-order valence-electron chi connectivity index (χ4n) is 2.70. The zero-order valence-corrected chi connectivity index (χ0v) is 15.8. The third-order valence-corrected chi connectivity index (χ3v) is 4.19. The summed E-state index contributed by atoms with van der Waals surface area (Å²) in [5, 5.41) is 6.60. The molecule has 0 radical (unpaired) electrons. The zero-order chi connectivity index (χ0) is 18.8. The van der Waals surface area contributed by atoms with Crippen LogP contribution in [0, 0.1) is 6.92 Å². The van der Waals surface area contributed by atoms with Gasteiger partial charge in [-0.1, -0.05) is 18.2 Å². The number of ether oxygens (including phenoxy) is 1. The van der Waals surface area contributed by atoms with Crippen LogP contribution in [-0.4, -0.2) is 31.2 Å². The van der Waals surface area contributed by atoms with Crippen molar-refractivity contribution in [3.8, 4) is 5.75 Å². The summed E-state index contributed by atoms with van der Waals surface area (Å²) in [5.41, 5.74) is 2.20. The third-order valence-electron chi connectivity index (χ3n) is 4.19. The fourth-order valence-corrected chi connectivity index (χ4v) is 2.70. The minimum atomic E-state index is 0.0636. The Labute approximate surface area is 154 Å². The van der Waals surface area contributed by atoms with Crippen LogP contribution in [0.5, 0.6) is 5.75 Å². The summed E-state index contributed by atoms with van der Waals surface area (Å²) in [4.78, 5) is 16.1. The molecule has 2 rings (SSSR count). The number of methoxy groups -OCH3 is 1. The summed E-state index contributed by atoms with van der Waals surface area (Å²) < 4.78 is 7.05. The van der Waals surface area contributed by atoms with Gasteiger partial charge in [-0.3, -0.25) is 9.79 Å². The highest BCUT2D eigenvalue weighted by atomic mass is 16.5. The molecule has 140 valence electrons. The van der Waals surface area contributed by atoms with Crippen molar-refractivity contribution in [3.05, 3.63) is 64.1 Å². The molecule has 6 nitrogen and oxygen atoms in total. The van der Waals surface area contributed by atoms with E-state index in [0.29, 0.717) is 6.54 Å². The molecule has 0 unspecified atom stereocenters. The Kier molecular flexibility index (Phi) is 7.74. The molecule has 1 aromatic heterocycles. The number of pyridine rings is 1. The molecular weight excluding hydrogens is 328 g/mol. The topological polar surface area (TPSA) is 67.7 Å². The van der Waals surface area contributed by atoms with E-state index >= 15 is 0 Å². The number of unbranched alkanes of at least 4 members (excludes halogenated alkanes) is 1. The van der Waals surface area contributed by atoms with Crippen molar-refractivity contribution in [2.75, 3.05) is 20.7 Å². The van der Waals surface area contributed by atoms with Gasteiger partial charge in [-0.15, -0.1) is 0 Å². The Balaban J connectivity index is 1.71. The number of hydrogen-bond acceptors (Lipinski definition) is 3. The SMILES string of the molecule is CN=C(NCCCCn1c(C)cccc1=O)NCc1cccc(OC)c1. The van der Waals surface area contributed by atoms with Crippen molar-refractivity contribution < 1.29 is 4.74 Å². The maximum Gasteiger partial charge on any atom is 0.250 e. The van der Waals surface area contributed by atoms with Crippen molar-refractivity contribution in [1.29, 1.82) is 0 Å². The van der Waals surface area contributed by atoms with Crippen LogP contribution in [0.1, 0.15) is 24.1 Å². The first-order valence-electron chi connectivity index (χ1n) is 8.88. The van der Waals surface area contributed by atoms with Crippen LogP contribution < -0.4 is 20.9 Å². The molecule has 0 saturated heterocycles. The Morgan fingerprint density at radius 1 is 1.15 bits per heavy atom. The molecule has 0 aliphatic carbocycles. The molecule has 2 N–H and O–H groups in total. The molecule has 0 bridgehead atoms. The summed E-state index contributed by atoms with van der Waals surface area (Å²) >= 11 is 0. The second kappa shape index (κ2) is 10.3. The van der Waals surface area contributed by atoms with E-state index in [-0.39, 0.29) is 5.56 Å². The second-order valence-electron chi connectivity index (χ2n) is 6.07. The highest BCUT2D eigenvalue weighted by Crippen LogP contribution is 2.12. The monoisotopic (exact) mass is 356 g/mol. The van der Waals surface area contributed by atoms with Gasteiger partial charge >= 0.3 is 0 Å². The first kappa shape index (κ1) is 19.6. The van der Waals surface area contributed by atoms with E-state index in [9.17, 15) is 4.79 Å². The number of rotatable bonds is 8. The van der Waals surface area contributed by atoms with Crippen LogP contribution in [0.2, 0.25) is 0 Å². The Morgan fingerprint density at radius 2 is 1.96 bits per heavy atom. The summed E-state index contributed by atoms with van der Waals surface area (Å²) in [6.45, 7) is 4.18.